The van der Waals surface area contributed by atoms with Gasteiger partial charge < -0.3 is 10.0 Å². The quantitative estimate of drug-likeness (QED) is 0.808. The van der Waals surface area contributed by atoms with E-state index in [2.05, 4.69) is 84.1 Å². The van der Waals surface area contributed by atoms with Crippen LogP contribution in [0.5, 0.6) is 0 Å². The van der Waals surface area contributed by atoms with E-state index in [9.17, 15) is 5.11 Å². The molecular weight excluding hydrogens is 334 g/mol. The first-order valence-corrected chi connectivity index (χ1v) is 10.0. The van der Waals surface area contributed by atoms with E-state index in [1.54, 1.807) is 0 Å². The Labute approximate surface area is 164 Å². The summed E-state index contributed by atoms with van der Waals surface area (Å²) in [6, 6.07) is 20.3. The molecular formula is C23H33N3O. The third kappa shape index (κ3) is 5.10. The Kier molecular flexibility index (Phi) is 6.89. The molecule has 1 heterocycles. The van der Waals surface area contributed by atoms with Gasteiger partial charge in [-0.1, -0.05) is 30.3 Å². The molecule has 3 rings (SSSR count). The fraction of sp³-hybridized carbons (Fsp3) is 0.478. The van der Waals surface area contributed by atoms with Gasteiger partial charge in [-0.25, -0.2) is 0 Å². The molecule has 1 aliphatic rings. The second kappa shape index (κ2) is 9.36. The summed E-state index contributed by atoms with van der Waals surface area (Å²) < 4.78 is 0. The summed E-state index contributed by atoms with van der Waals surface area (Å²) in [5.41, 5.74) is 3.75. The molecule has 0 aliphatic carbocycles. The topological polar surface area (TPSA) is 30.0 Å². The maximum Gasteiger partial charge on any atom is 0.0446 e. The van der Waals surface area contributed by atoms with Crippen LogP contribution in [0.15, 0.2) is 54.6 Å². The third-order valence-corrected chi connectivity index (χ3v) is 5.61. The molecule has 0 spiro atoms. The van der Waals surface area contributed by atoms with Crippen LogP contribution in [0.2, 0.25) is 0 Å². The highest BCUT2D eigenvalue weighted by atomic mass is 16.3. The molecule has 1 aliphatic heterocycles. The van der Waals surface area contributed by atoms with Crippen LogP contribution in [0, 0.1) is 0 Å². The van der Waals surface area contributed by atoms with Crippen molar-refractivity contribution in [3.63, 3.8) is 0 Å². The maximum atomic E-state index is 9.42. The van der Waals surface area contributed by atoms with Gasteiger partial charge in [0.15, 0.2) is 0 Å². The number of aliphatic hydroxyl groups excluding tert-OH is 1. The summed E-state index contributed by atoms with van der Waals surface area (Å²) in [6.07, 6.45) is 0.857. The zero-order valence-corrected chi connectivity index (χ0v) is 16.9. The number of rotatable bonds is 7. The molecule has 27 heavy (non-hydrogen) atoms. The first kappa shape index (κ1) is 19.9. The van der Waals surface area contributed by atoms with Crippen molar-refractivity contribution in [3.8, 4) is 0 Å². The number of benzene rings is 2. The van der Waals surface area contributed by atoms with E-state index < -0.39 is 0 Å². The predicted octanol–water partition coefficient (Wildman–Crippen LogP) is 3.73. The van der Waals surface area contributed by atoms with Gasteiger partial charge in [0.05, 0.1) is 0 Å². The van der Waals surface area contributed by atoms with Gasteiger partial charge in [0.1, 0.15) is 0 Å². The van der Waals surface area contributed by atoms with Crippen molar-refractivity contribution >= 4 is 11.4 Å². The molecule has 1 saturated heterocycles. The van der Waals surface area contributed by atoms with Gasteiger partial charge >= 0.3 is 0 Å². The van der Waals surface area contributed by atoms with Crippen LogP contribution in [0.1, 0.15) is 25.8 Å². The van der Waals surface area contributed by atoms with E-state index in [0.717, 1.165) is 32.6 Å². The lowest BCUT2D eigenvalue weighted by atomic mass is 10.1. The van der Waals surface area contributed by atoms with Gasteiger partial charge in [-0.2, -0.15) is 0 Å². The first-order chi connectivity index (χ1) is 13.1. The van der Waals surface area contributed by atoms with Crippen LogP contribution in [-0.4, -0.2) is 60.3 Å². The summed E-state index contributed by atoms with van der Waals surface area (Å²) in [6.45, 7) is 8.95. The van der Waals surface area contributed by atoms with Gasteiger partial charge in [0, 0.05) is 63.3 Å². The normalized spacial score (nSPS) is 18.8. The lowest BCUT2D eigenvalue weighted by Gasteiger charge is -2.43. The molecule has 146 valence electrons. The lowest BCUT2D eigenvalue weighted by molar-refractivity contribution is 0.0349. The molecule has 0 unspecified atom stereocenters. The van der Waals surface area contributed by atoms with Crippen molar-refractivity contribution in [2.45, 2.75) is 38.9 Å². The van der Waals surface area contributed by atoms with E-state index in [0.29, 0.717) is 12.1 Å². The highest BCUT2D eigenvalue weighted by Gasteiger charge is 2.28. The molecule has 0 radical (unpaired) electrons. The van der Waals surface area contributed by atoms with Crippen LogP contribution in [0.4, 0.5) is 11.4 Å². The van der Waals surface area contributed by atoms with Crippen molar-refractivity contribution in [1.82, 2.24) is 9.80 Å². The number of nitrogens with zero attached hydrogens (tertiary/aromatic N) is 3. The SMILES string of the molecule is CC(C)N1CCN(Cc2ccc(N(C)c3ccccc3)cc2)C[C@H]1CCO. The van der Waals surface area contributed by atoms with Crippen LogP contribution in [0.3, 0.4) is 0 Å². The average molecular weight is 368 g/mol. The Morgan fingerprint density at radius 2 is 1.67 bits per heavy atom. The molecule has 1 atom stereocenters. The fourth-order valence-electron chi connectivity index (χ4n) is 4.05. The summed E-state index contributed by atoms with van der Waals surface area (Å²) in [5, 5.41) is 9.42. The molecule has 0 bridgehead atoms. The van der Waals surface area contributed by atoms with Crippen molar-refractivity contribution in [2.24, 2.45) is 0 Å². The zero-order chi connectivity index (χ0) is 19.2. The van der Waals surface area contributed by atoms with E-state index in [1.807, 2.05) is 6.07 Å². The number of anilines is 2. The van der Waals surface area contributed by atoms with Crippen LogP contribution < -0.4 is 4.90 Å². The highest BCUT2D eigenvalue weighted by molar-refractivity contribution is 5.62. The largest absolute Gasteiger partial charge is 0.396 e. The Bertz CT molecular complexity index is 687. The van der Waals surface area contributed by atoms with Crippen molar-refractivity contribution in [2.75, 3.05) is 38.2 Å². The molecule has 4 nitrogen and oxygen atoms in total. The Hall–Kier alpha value is -1.88. The molecule has 1 fully saturated rings. The third-order valence-electron chi connectivity index (χ3n) is 5.61. The van der Waals surface area contributed by atoms with E-state index in [1.165, 1.54) is 16.9 Å². The summed E-state index contributed by atoms with van der Waals surface area (Å²) in [4.78, 5) is 7.27. The monoisotopic (exact) mass is 367 g/mol. The minimum Gasteiger partial charge on any atom is -0.396 e. The predicted molar refractivity (Wildman–Crippen MR) is 114 cm³/mol. The van der Waals surface area contributed by atoms with Crippen molar-refractivity contribution < 1.29 is 5.11 Å². The van der Waals surface area contributed by atoms with Gasteiger partial charge in [-0.05, 0) is 50.1 Å². The van der Waals surface area contributed by atoms with Gasteiger partial charge in [-0.3, -0.25) is 9.80 Å². The second-order valence-corrected chi connectivity index (χ2v) is 7.79. The standard InChI is InChI=1S/C23H33N3O/c1-19(2)26-15-14-25(18-23(26)13-16-27)17-20-9-11-22(12-10-20)24(3)21-7-5-4-6-8-21/h4-12,19,23,27H,13-18H2,1-3H3/t23-/m1/s1. The van der Waals surface area contributed by atoms with Crippen molar-refractivity contribution in [3.05, 3.63) is 60.2 Å². The Balaban J connectivity index is 1.61. The molecule has 1 N–H and O–H groups in total. The summed E-state index contributed by atoms with van der Waals surface area (Å²) >= 11 is 0. The minimum absolute atomic E-state index is 0.266. The molecule has 0 aromatic heterocycles. The lowest BCUT2D eigenvalue weighted by Crippen LogP contribution is -2.55. The average Bonchev–Trinajstić information content (AvgIpc) is 2.69. The fourth-order valence-corrected chi connectivity index (χ4v) is 4.05. The molecule has 0 saturated carbocycles. The van der Waals surface area contributed by atoms with Crippen LogP contribution in [0.25, 0.3) is 0 Å². The molecule has 4 heteroatoms. The van der Waals surface area contributed by atoms with Crippen LogP contribution >= 0.6 is 0 Å². The second-order valence-electron chi connectivity index (χ2n) is 7.79. The van der Waals surface area contributed by atoms with E-state index in [-0.39, 0.29) is 6.61 Å². The number of para-hydroxylation sites is 1. The number of hydrogen-bond donors (Lipinski definition) is 1. The van der Waals surface area contributed by atoms with Gasteiger partial charge in [0.2, 0.25) is 0 Å². The van der Waals surface area contributed by atoms with Gasteiger partial charge in [-0.15, -0.1) is 0 Å². The number of hydrogen-bond acceptors (Lipinski definition) is 4. The zero-order valence-electron chi connectivity index (χ0n) is 16.9. The first-order valence-electron chi connectivity index (χ1n) is 10.0. The van der Waals surface area contributed by atoms with E-state index in [4.69, 9.17) is 0 Å². The smallest absolute Gasteiger partial charge is 0.0446 e. The molecule has 2 aromatic carbocycles. The van der Waals surface area contributed by atoms with E-state index >= 15 is 0 Å². The highest BCUT2D eigenvalue weighted by Crippen LogP contribution is 2.24. The van der Waals surface area contributed by atoms with Gasteiger partial charge in [0.25, 0.3) is 0 Å². The number of piperazine rings is 1. The Morgan fingerprint density at radius 3 is 2.30 bits per heavy atom. The summed E-state index contributed by atoms with van der Waals surface area (Å²) in [5.74, 6) is 0. The molecule has 2 aromatic rings. The Morgan fingerprint density at radius 1 is 1.00 bits per heavy atom. The maximum absolute atomic E-state index is 9.42. The van der Waals surface area contributed by atoms with Crippen molar-refractivity contribution in [1.29, 1.82) is 0 Å². The molecule has 0 amide bonds. The number of aliphatic hydroxyl groups is 1. The minimum atomic E-state index is 0.266. The summed E-state index contributed by atoms with van der Waals surface area (Å²) in [7, 11) is 2.11. The van der Waals surface area contributed by atoms with Crippen LogP contribution in [-0.2, 0) is 6.54 Å².